The fourth-order valence-corrected chi connectivity index (χ4v) is 5.01. The summed E-state index contributed by atoms with van der Waals surface area (Å²) < 4.78 is 29.6. The van der Waals surface area contributed by atoms with Gasteiger partial charge in [-0.25, -0.2) is 4.98 Å². The Morgan fingerprint density at radius 3 is 2.24 bits per heavy atom. The quantitative estimate of drug-likeness (QED) is 0.329. The van der Waals surface area contributed by atoms with Crippen LogP contribution in [0.15, 0.2) is 65.0 Å². The van der Waals surface area contributed by atoms with Gasteiger partial charge in [-0.15, -0.1) is 11.3 Å². The molecule has 0 spiro atoms. The highest BCUT2D eigenvalue weighted by molar-refractivity contribution is 7.86. The van der Waals surface area contributed by atoms with Crippen molar-refractivity contribution >= 4 is 43.0 Å². The van der Waals surface area contributed by atoms with Gasteiger partial charge in [0.25, 0.3) is 0 Å². The van der Waals surface area contributed by atoms with E-state index in [4.69, 9.17) is 11.5 Å². The van der Waals surface area contributed by atoms with E-state index in [9.17, 15) is 8.42 Å². The summed E-state index contributed by atoms with van der Waals surface area (Å²) in [5.41, 5.74) is 18.6. The van der Waals surface area contributed by atoms with E-state index in [0.29, 0.717) is 11.5 Å². The Morgan fingerprint density at radius 1 is 0.966 bits per heavy atom. The molecule has 0 saturated heterocycles. The Labute approximate surface area is 172 Å². The van der Waals surface area contributed by atoms with Crippen LogP contribution < -0.4 is 16.9 Å². The van der Waals surface area contributed by atoms with E-state index in [1.807, 2.05) is 29.6 Å². The molecule has 0 saturated carbocycles. The molecule has 0 fully saturated rings. The minimum Gasteiger partial charge on any atom is -0.399 e. The third-order valence-electron chi connectivity index (χ3n) is 4.49. The van der Waals surface area contributed by atoms with E-state index in [-0.39, 0.29) is 4.90 Å². The van der Waals surface area contributed by atoms with E-state index in [2.05, 4.69) is 14.7 Å². The molecule has 0 aliphatic heterocycles. The zero-order valence-corrected chi connectivity index (χ0v) is 17.0. The number of nitrogens with two attached hydrogens (primary N) is 2. The molecule has 0 aliphatic rings. The highest BCUT2D eigenvalue weighted by Crippen LogP contribution is 2.41. The second-order valence-electron chi connectivity index (χ2n) is 6.30. The maximum absolute atomic E-state index is 12.0. The maximum Gasteiger partial charge on any atom is 0.312 e. The van der Waals surface area contributed by atoms with Crippen molar-refractivity contribution in [3.05, 3.63) is 60.1 Å². The molecular weight excluding hydrogens is 408 g/mol. The van der Waals surface area contributed by atoms with Crippen LogP contribution in [0.3, 0.4) is 0 Å². The largest absolute Gasteiger partial charge is 0.399 e. The third kappa shape index (κ3) is 3.56. The van der Waals surface area contributed by atoms with Gasteiger partial charge in [-0.3, -0.25) is 0 Å². The number of hydrogen-bond acceptors (Lipinski definition) is 8. The predicted molar refractivity (Wildman–Crippen MR) is 117 cm³/mol. The van der Waals surface area contributed by atoms with E-state index in [1.165, 1.54) is 19.2 Å². The van der Waals surface area contributed by atoms with Crippen molar-refractivity contribution in [2.24, 2.45) is 0 Å². The molecule has 0 atom stereocenters. The zero-order valence-electron chi connectivity index (χ0n) is 15.4. The number of anilines is 2. The number of hydroxylamine groups is 1. The van der Waals surface area contributed by atoms with Crippen molar-refractivity contribution in [1.82, 2.24) is 10.5 Å². The van der Waals surface area contributed by atoms with Gasteiger partial charge in [-0.1, -0.05) is 24.3 Å². The second-order valence-corrected chi connectivity index (χ2v) is 8.72. The van der Waals surface area contributed by atoms with Gasteiger partial charge in [-0.05, 0) is 40.8 Å². The van der Waals surface area contributed by atoms with Crippen LogP contribution in [0.1, 0.15) is 0 Å². The molecule has 4 aromatic rings. The number of thiophene rings is 1. The predicted octanol–water partition coefficient (Wildman–Crippen LogP) is 3.63. The Morgan fingerprint density at radius 2 is 1.59 bits per heavy atom. The number of fused-ring (bicyclic) bond motifs is 1. The van der Waals surface area contributed by atoms with Gasteiger partial charge in [0.05, 0.1) is 4.90 Å². The summed E-state index contributed by atoms with van der Waals surface area (Å²) in [4.78, 5) is 4.43. The molecule has 148 valence electrons. The summed E-state index contributed by atoms with van der Waals surface area (Å²) in [6.45, 7) is 0. The van der Waals surface area contributed by atoms with Crippen LogP contribution in [0.5, 0.6) is 0 Å². The van der Waals surface area contributed by atoms with Crippen LogP contribution >= 0.6 is 11.3 Å². The molecule has 0 radical (unpaired) electrons. The van der Waals surface area contributed by atoms with E-state index < -0.39 is 10.1 Å². The highest BCUT2D eigenvalue weighted by atomic mass is 32.2. The van der Waals surface area contributed by atoms with Crippen LogP contribution in [0.2, 0.25) is 0 Å². The van der Waals surface area contributed by atoms with E-state index >= 15 is 0 Å². The number of nitrogens with one attached hydrogen (secondary N) is 1. The monoisotopic (exact) mass is 426 g/mol. The van der Waals surface area contributed by atoms with Crippen LogP contribution in [0.25, 0.3) is 32.3 Å². The average molecular weight is 427 g/mol. The minimum absolute atomic E-state index is 0.0593. The summed E-state index contributed by atoms with van der Waals surface area (Å²) >= 11 is 1.56. The fourth-order valence-electron chi connectivity index (χ4n) is 3.11. The molecule has 0 aliphatic carbocycles. The Balaban J connectivity index is 1.82. The standard InChI is InChI=1S/C20H18N4O3S2/c1-23-27-29(25,26)15-8-4-12(5-9-15)16-10-24-20(22)18-17(11-28-19(16)18)13-2-6-14(21)7-3-13/h2-11,23H,21H2,1H3,(H2,22,24). The summed E-state index contributed by atoms with van der Waals surface area (Å²) in [6, 6.07) is 14.0. The van der Waals surface area contributed by atoms with Crippen LogP contribution in [-0.2, 0) is 14.4 Å². The van der Waals surface area contributed by atoms with Gasteiger partial charge < -0.3 is 11.5 Å². The molecular formula is C20H18N4O3S2. The van der Waals surface area contributed by atoms with Gasteiger partial charge in [-0.2, -0.15) is 18.2 Å². The first-order chi connectivity index (χ1) is 13.9. The zero-order chi connectivity index (χ0) is 20.6. The molecule has 0 unspecified atom stereocenters. The van der Waals surface area contributed by atoms with E-state index in [0.717, 1.165) is 32.3 Å². The minimum atomic E-state index is -3.85. The van der Waals surface area contributed by atoms with Crippen molar-refractivity contribution in [1.29, 1.82) is 0 Å². The number of nitrogen functional groups attached to an aromatic ring is 2. The molecule has 0 amide bonds. The summed E-state index contributed by atoms with van der Waals surface area (Å²) in [5, 5.41) is 2.91. The Hall–Kier alpha value is -2.98. The Kier molecular flexibility index (Phi) is 4.97. The first-order valence-electron chi connectivity index (χ1n) is 8.63. The lowest BCUT2D eigenvalue weighted by molar-refractivity contribution is 0.231. The first-order valence-corrected chi connectivity index (χ1v) is 10.9. The number of pyridine rings is 1. The molecule has 29 heavy (non-hydrogen) atoms. The van der Waals surface area contributed by atoms with Gasteiger partial charge in [0, 0.05) is 40.1 Å². The number of hydrogen-bond donors (Lipinski definition) is 3. The number of rotatable bonds is 5. The van der Waals surface area contributed by atoms with Gasteiger partial charge in [0.15, 0.2) is 0 Å². The maximum atomic E-state index is 12.0. The van der Waals surface area contributed by atoms with Crippen molar-refractivity contribution in [3.63, 3.8) is 0 Å². The number of benzene rings is 2. The smallest absolute Gasteiger partial charge is 0.312 e. The fraction of sp³-hybridized carbons (Fsp3) is 0.0500. The van der Waals surface area contributed by atoms with Crippen molar-refractivity contribution in [2.75, 3.05) is 18.5 Å². The molecule has 5 N–H and O–H groups in total. The van der Waals surface area contributed by atoms with Crippen LogP contribution in [0, 0.1) is 0 Å². The summed E-state index contributed by atoms with van der Waals surface area (Å²) in [7, 11) is -2.46. The summed E-state index contributed by atoms with van der Waals surface area (Å²) in [6.07, 6.45) is 1.70. The van der Waals surface area contributed by atoms with Gasteiger partial charge in [0.2, 0.25) is 0 Å². The molecule has 9 heteroatoms. The van der Waals surface area contributed by atoms with Crippen LogP contribution in [0.4, 0.5) is 11.5 Å². The lowest BCUT2D eigenvalue weighted by Crippen LogP contribution is -2.15. The van der Waals surface area contributed by atoms with Gasteiger partial charge >= 0.3 is 10.1 Å². The lowest BCUT2D eigenvalue weighted by Gasteiger charge is -2.08. The topological polar surface area (TPSA) is 120 Å². The number of aromatic nitrogens is 1. The Bertz CT molecular complexity index is 1280. The SMILES string of the molecule is CNOS(=O)(=O)c1ccc(-c2cnc(N)c3c(-c4ccc(N)cc4)csc23)cc1. The normalized spacial score (nSPS) is 11.8. The van der Waals surface area contributed by atoms with Crippen LogP contribution in [-0.4, -0.2) is 20.4 Å². The highest BCUT2D eigenvalue weighted by Gasteiger charge is 2.17. The molecule has 7 nitrogen and oxygen atoms in total. The first kappa shape index (κ1) is 19.3. The van der Waals surface area contributed by atoms with Gasteiger partial charge in [0.1, 0.15) is 5.82 Å². The van der Waals surface area contributed by atoms with Crippen molar-refractivity contribution in [3.8, 4) is 22.3 Å². The second kappa shape index (κ2) is 7.45. The molecule has 2 aromatic carbocycles. The van der Waals surface area contributed by atoms with Crippen molar-refractivity contribution < 1.29 is 12.7 Å². The molecule has 4 rings (SSSR count). The molecule has 0 bridgehead atoms. The van der Waals surface area contributed by atoms with E-state index in [1.54, 1.807) is 29.7 Å². The lowest BCUT2D eigenvalue weighted by atomic mass is 10.0. The average Bonchev–Trinajstić information content (AvgIpc) is 3.15. The molecule has 2 aromatic heterocycles. The summed E-state index contributed by atoms with van der Waals surface area (Å²) in [5.74, 6) is 0.443. The number of nitrogens with zero attached hydrogens (tertiary/aromatic N) is 1. The van der Waals surface area contributed by atoms with Crippen molar-refractivity contribution in [2.45, 2.75) is 4.90 Å². The third-order valence-corrected chi connectivity index (χ3v) is 6.74. The molecule has 2 heterocycles.